The number of nitrogens with zero attached hydrogens (tertiary/aromatic N) is 2. The van der Waals surface area contributed by atoms with Crippen molar-refractivity contribution in [2.45, 2.75) is 63.2 Å². The number of aliphatic imine (C=N–C) groups is 1. The van der Waals surface area contributed by atoms with Crippen molar-refractivity contribution in [3.63, 3.8) is 0 Å². The van der Waals surface area contributed by atoms with E-state index in [1.165, 1.54) is 37.9 Å². The average Bonchev–Trinajstić information content (AvgIpc) is 2.51. The Bertz CT molecular complexity index is 419. The van der Waals surface area contributed by atoms with Crippen LogP contribution in [-0.2, 0) is 4.79 Å². The number of rotatable bonds is 4. The number of nitrogens with one attached hydrogen (secondary N) is 2. The fraction of sp³-hybridized carbons (Fsp3) is 0.882. The van der Waals surface area contributed by atoms with Gasteiger partial charge in [-0.1, -0.05) is 19.3 Å². The molecule has 140 valence electrons. The van der Waals surface area contributed by atoms with Gasteiger partial charge in [-0.05, 0) is 26.7 Å². The van der Waals surface area contributed by atoms with Crippen LogP contribution in [0.3, 0.4) is 0 Å². The van der Waals surface area contributed by atoms with E-state index in [1.807, 2.05) is 20.9 Å². The highest BCUT2D eigenvalue weighted by Crippen LogP contribution is 2.42. The molecule has 1 saturated heterocycles. The van der Waals surface area contributed by atoms with Gasteiger partial charge in [-0.2, -0.15) is 11.8 Å². The van der Waals surface area contributed by atoms with Gasteiger partial charge in [-0.3, -0.25) is 9.79 Å². The van der Waals surface area contributed by atoms with Crippen molar-refractivity contribution in [1.82, 2.24) is 15.5 Å². The van der Waals surface area contributed by atoms with Crippen molar-refractivity contribution in [1.29, 1.82) is 0 Å². The topological polar surface area (TPSA) is 56.7 Å². The van der Waals surface area contributed by atoms with Crippen LogP contribution in [0.4, 0.5) is 0 Å². The molecular formula is C17H33IN4OS. The number of carbonyl (C=O) groups excluding carboxylic acids is 1. The Morgan fingerprint density at radius 2 is 2.00 bits per heavy atom. The molecule has 2 aliphatic rings. The number of carbonyl (C=O) groups is 1. The van der Waals surface area contributed by atoms with Crippen molar-refractivity contribution in [2.24, 2.45) is 4.99 Å². The molecule has 0 unspecified atom stereocenters. The number of halogens is 1. The molecule has 2 rings (SSSR count). The zero-order chi connectivity index (χ0) is 16.7. The van der Waals surface area contributed by atoms with Gasteiger partial charge in [-0.15, -0.1) is 24.0 Å². The van der Waals surface area contributed by atoms with E-state index in [-0.39, 0.29) is 35.9 Å². The summed E-state index contributed by atoms with van der Waals surface area (Å²) in [6, 6.07) is 0.201. The van der Waals surface area contributed by atoms with E-state index in [2.05, 4.69) is 32.3 Å². The van der Waals surface area contributed by atoms with Crippen LogP contribution in [0.5, 0.6) is 0 Å². The number of amides is 1. The third-order valence-electron chi connectivity index (χ3n) is 4.61. The zero-order valence-corrected chi connectivity index (χ0v) is 18.4. The van der Waals surface area contributed by atoms with Crippen molar-refractivity contribution < 1.29 is 4.79 Å². The summed E-state index contributed by atoms with van der Waals surface area (Å²) in [5, 5.41) is 6.30. The first-order chi connectivity index (χ1) is 11.0. The van der Waals surface area contributed by atoms with Gasteiger partial charge < -0.3 is 15.5 Å². The SMILES string of the molecule is CN=C(NCCC(=O)NC(C)C)N1CCSC2(CCCCC2)C1.I. The summed E-state index contributed by atoms with van der Waals surface area (Å²) in [6.45, 7) is 6.75. The van der Waals surface area contributed by atoms with Gasteiger partial charge in [0.2, 0.25) is 5.91 Å². The second-order valence-corrected chi connectivity index (χ2v) is 8.52. The van der Waals surface area contributed by atoms with E-state index in [0.717, 1.165) is 19.0 Å². The fourth-order valence-electron chi connectivity index (χ4n) is 3.54. The van der Waals surface area contributed by atoms with Crippen molar-refractivity contribution in [3.05, 3.63) is 0 Å². The monoisotopic (exact) mass is 468 g/mol. The predicted octanol–water partition coefficient (Wildman–Crippen LogP) is 2.85. The predicted molar refractivity (Wildman–Crippen MR) is 115 cm³/mol. The van der Waals surface area contributed by atoms with Gasteiger partial charge in [0.15, 0.2) is 5.96 Å². The van der Waals surface area contributed by atoms with Crippen LogP contribution in [-0.4, -0.2) is 60.0 Å². The molecule has 0 radical (unpaired) electrons. The molecule has 0 aromatic heterocycles. The number of guanidine groups is 1. The van der Waals surface area contributed by atoms with E-state index < -0.39 is 0 Å². The Balaban J connectivity index is 0.00000288. The lowest BCUT2D eigenvalue weighted by molar-refractivity contribution is -0.121. The van der Waals surface area contributed by atoms with Gasteiger partial charge in [0, 0.05) is 49.6 Å². The summed E-state index contributed by atoms with van der Waals surface area (Å²) in [7, 11) is 1.84. The van der Waals surface area contributed by atoms with Crippen LogP contribution in [0.15, 0.2) is 4.99 Å². The molecule has 7 heteroatoms. The van der Waals surface area contributed by atoms with Crippen LogP contribution in [0, 0.1) is 0 Å². The minimum atomic E-state index is 0. The second-order valence-electron chi connectivity index (χ2n) is 6.96. The maximum atomic E-state index is 11.7. The Labute approximate surface area is 168 Å². The maximum Gasteiger partial charge on any atom is 0.221 e. The molecule has 1 heterocycles. The molecule has 1 saturated carbocycles. The van der Waals surface area contributed by atoms with Gasteiger partial charge in [0.05, 0.1) is 0 Å². The van der Waals surface area contributed by atoms with Gasteiger partial charge in [0.25, 0.3) is 0 Å². The van der Waals surface area contributed by atoms with E-state index >= 15 is 0 Å². The Morgan fingerprint density at radius 3 is 2.62 bits per heavy atom. The summed E-state index contributed by atoms with van der Waals surface area (Å²) >= 11 is 2.17. The van der Waals surface area contributed by atoms with Crippen LogP contribution in [0.2, 0.25) is 0 Å². The summed E-state index contributed by atoms with van der Waals surface area (Å²) in [6.07, 6.45) is 7.28. The molecular weight excluding hydrogens is 435 g/mol. The molecule has 1 amide bonds. The first-order valence-corrected chi connectivity index (χ1v) is 9.92. The summed E-state index contributed by atoms with van der Waals surface area (Å²) < 4.78 is 0.434. The molecule has 2 N–H and O–H groups in total. The number of thioether (sulfide) groups is 1. The van der Waals surface area contributed by atoms with E-state index in [1.54, 1.807) is 0 Å². The third kappa shape index (κ3) is 6.61. The van der Waals surface area contributed by atoms with Crippen molar-refractivity contribution in [3.8, 4) is 0 Å². The quantitative estimate of drug-likeness (QED) is 0.379. The summed E-state index contributed by atoms with van der Waals surface area (Å²) in [5.41, 5.74) is 0. The zero-order valence-electron chi connectivity index (χ0n) is 15.3. The highest BCUT2D eigenvalue weighted by molar-refractivity contribution is 14.0. The molecule has 1 aliphatic heterocycles. The minimum Gasteiger partial charge on any atom is -0.356 e. The largest absolute Gasteiger partial charge is 0.356 e. The highest BCUT2D eigenvalue weighted by atomic mass is 127. The lowest BCUT2D eigenvalue weighted by atomic mass is 9.87. The molecule has 1 spiro atoms. The Morgan fingerprint density at radius 1 is 1.29 bits per heavy atom. The Kier molecular flexibility index (Phi) is 9.77. The van der Waals surface area contributed by atoms with Gasteiger partial charge >= 0.3 is 0 Å². The van der Waals surface area contributed by atoms with Crippen LogP contribution in [0.1, 0.15) is 52.4 Å². The summed E-state index contributed by atoms with van der Waals surface area (Å²) in [4.78, 5) is 18.6. The van der Waals surface area contributed by atoms with E-state index in [4.69, 9.17) is 0 Å². The molecule has 0 aromatic rings. The van der Waals surface area contributed by atoms with Crippen LogP contribution >= 0.6 is 35.7 Å². The smallest absolute Gasteiger partial charge is 0.221 e. The molecule has 24 heavy (non-hydrogen) atoms. The van der Waals surface area contributed by atoms with Crippen LogP contribution < -0.4 is 10.6 Å². The summed E-state index contributed by atoms with van der Waals surface area (Å²) in [5.74, 6) is 2.22. The average molecular weight is 468 g/mol. The molecule has 0 bridgehead atoms. The fourth-order valence-corrected chi connectivity index (χ4v) is 5.11. The number of hydrogen-bond acceptors (Lipinski definition) is 3. The van der Waals surface area contributed by atoms with E-state index in [0.29, 0.717) is 17.7 Å². The molecule has 0 atom stereocenters. The maximum absolute atomic E-state index is 11.7. The van der Waals surface area contributed by atoms with Crippen molar-refractivity contribution in [2.75, 3.05) is 32.4 Å². The van der Waals surface area contributed by atoms with Crippen molar-refractivity contribution >= 4 is 47.6 Å². The Hall–Kier alpha value is -0.180. The molecule has 1 aliphatic carbocycles. The second kappa shape index (κ2) is 10.7. The lowest BCUT2D eigenvalue weighted by Crippen LogP contribution is -2.53. The first kappa shape index (κ1) is 21.9. The lowest BCUT2D eigenvalue weighted by Gasteiger charge is -2.45. The van der Waals surface area contributed by atoms with Gasteiger partial charge in [-0.25, -0.2) is 0 Å². The van der Waals surface area contributed by atoms with Gasteiger partial charge in [0.1, 0.15) is 0 Å². The molecule has 5 nitrogen and oxygen atoms in total. The van der Waals surface area contributed by atoms with E-state index in [9.17, 15) is 4.79 Å². The number of hydrogen-bond donors (Lipinski definition) is 2. The third-order valence-corrected chi connectivity index (χ3v) is 6.15. The minimum absolute atomic E-state index is 0. The normalized spacial score (nSPS) is 20.7. The standard InChI is InChI=1S/C17H32N4OS.HI/c1-14(2)20-15(22)7-10-19-16(18-3)21-11-12-23-17(13-21)8-5-4-6-9-17;/h14H,4-13H2,1-3H3,(H,18,19)(H,20,22);1H. The molecule has 0 aromatic carbocycles. The molecule has 2 fully saturated rings. The first-order valence-electron chi connectivity index (χ1n) is 8.93. The highest BCUT2D eigenvalue weighted by Gasteiger charge is 2.38. The van der Waals surface area contributed by atoms with Crippen LogP contribution in [0.25, 0.3) is 0 Å².